The molecule has 10 aromatic rings. The molecular weight excluding hydrogens is 771 g/mol. The fourth-order valence-electron chi connectivity index (χ4n) is 11.5. The monoisotopic (exact) mass is 815 g/mol. The van der Waals surface area contributed by atoms with Gasteiger partial charge in [-0.1, -0.05) is 182 Å². The third-order valence-electron chi connectivity index (χ3n) is 14.5. The molecule has 302 valence electrons. The van der Waals surface area contributed by atoms with Gasteiger partial charge >= 0.3 is 0 Å². The van der Waals surface area contributed by atoms with Crippen LogP contribution in [0.2, 0.25) is 0 Å². The molecule has 0 radical (unpaired) electrons. The average Bonchev–Trinajstić information content (AvgIpc) is 3.83. The third-order valence-corrected chi connectivity index (χ3v) is 14.5. The molecule has 1 heteroatoms. The normalized spacial score (nSPS) is 13.8. The van der Waals surface area contributed by atoms with E-state index in [1.165, 1.54) is 125 Å². The number of aryl methyl sites for hydroxylation is 2. The van der Waals surface area contributed by atoms with Gasteiger partial charge in [-0.3, -0.25) is 0 Å². The first kappa shape index (κ1) is 36.9. The van der Waals surface area contributed by atoms with Crippen molar-refractivity contribution in [3.8, 4) is 55.6 Å². The summed E-state index contributed by atoms with van der Waals surface area (Å²) in [4.78, 5) is 2.49. The van der Waals surface area contributed by atoms with Crippen LogP contribution in [0.5, 0.6) is 0 Å². The number of nitrogens with zero attached hydrogens (tertiary/aromatic N) is 1. The number of para-hydroxylation sites is 1. The summed E-state index contributed by atoms with van der Waals surface area (Å²) in [7, 11) is 0. The molecule has 1 nitrogen and oxygen atoms in total. The minimum atomic E-state index is -0.467. The molecule has 0 bridgehead atoms. The summed E-state index contributed by atoms with van der Waals surface area (Å²) in [6.07, 6.45) is 4.95. The van der Waals surface area contributed by atoms with E-state index in [1.807, 2.05) is 0 Å². The van der Waals surface area contributed by atoms with Gasteiger partial charge in [0.15, 0.2) is 0 Å². The van der Waals surface area contributed by atoms with Crippen molar-refractivity contribution in [2.24, 2.45) is 0 Å². The molecule has 0 saturated carbocycles. The van der Waals surface area contributed by atoms with Crippen molar-refractivity contribution in [3.05, 3.63) is 258 Å². The van der Waals surface area contributed by atoms with Crippen molar-refractivity contribution in [1.82, 2.24) is 0 Å². The Morgan fingerprint density at radius 3 is 1.48 bits per heavy atom. The highest BCUT2D eigenvalue weighted by atomic mass is 15.1. The van der Waals surface area contributed by atoms with Crippen LogP contribution in [0.3, 0.4) is 0 Å². The topological polar surface area (TPSA) is 3.24 Å². The minimum absolute atomic E-state index is 0.467. The van der Waals surface area contributed by atoms with Crippen LogP contribution in [0.25, 0.3) is 66.4 Å². The maximum Gasteiger partial charge on any atom is 0.0726 e. The van der Waals surface area contributed by atoms with Gasteiger partial charge in [-0.2, -0.15) is 0 Å². The van der Waals surface area contributed by atoms with Crippen LogP contribution >= 0.6 is 0 Å². The van der Waals surface area contributed by atoms with Gasteiger partial charge in [0.1, 0.15) is 0 Å². The predicted octanol–water partition coefficient (Wildman–Crippen LogP) is 16.5. The molecule has 0 fully saturated rings. The lowest BCUT2D eigenvalue weighted by Crippen LogP contribution is -2.26. The van der Waals surface area contributed by atoms with Gasteiger partial charge in [-0.25, -0.2) is 0 Å². The molecule has 0 saturated heterocycles. The van der Waals surface area contributed by atoms with Gasteiger partial charge < -0.3 is 4.90 Å². The Bertz CT molecular complexity index is 3390. The molecule has 13 rings (SSSR count). The molecule has 0 aliphatic heterocycles. The number of benzene rings is 10. The highest BCUT2D eigenvalue weighted by Crippen LogP contribution is 2.64. The van der Waals surface area contributed by atoms with E-state index >= 15 is 0 Å². The lowest BCUT2D eigenvalue weighted by atomic mass is 9.70. The maximum atomic E-state index is 2.55. The second-order valence-corrected chi connectivity index (χ2v) is 17.8. The summed E-state index contributed by atoms with van der Waals surface area (Å²) in [6.45, 7) is 0. The van der Waals surface area contributed by atoms with E-state index in [0.717, 1.165) is 17.1 Å². The molecule has 1 spiro atoms. The molecular formula is C63H45N. The minimum Gasteiger partial charge on any atom is -0.310 e. The van der Waals surface area contributed by atoms with Crippen LogP contribution in [0.1, 0.15) is 46.2 Å². The SMILES string of the molecule is c1ccc(N(c2ccc(-c3ccc4ccccc4c3)cc2)c2cc3c(cc2-c2ccc(-c4ccc5c(c4)CCCC5)cc2)-c2ccccc2C32c3ccccc3-c3ccccc32)cc1. The van der Waals surface area contributed by atoms with E-state index in [0.29, 0.717) is 0 Å². The smallest absolute Gasteiger partial charge is 0.0726 e. The zero-order chi connectivity index (χ0) is 42.2. The highest BCUT2D eigenvalue weighted by molar-refractivity contribution is 6.00. The first-order valence-corrected chi connectivity index (χ1v) is 22.9. The van der Waals surface area contributed by atoms with E-state index in [4.69, 9.17) is 0 Å². The maximum absolute atomic E-state index is 2.55. The third kappa shape index (κ3) is 5.64. The molecule has 3 aliphatic carbocycles. The Morgan fingerprint density at radius 1 is 0.297 bits per heavy atom. The molecule has 0 unspecified atom stereocenters. The Balaban J connectivity index is 1.04. The van der Waals surface area contributed by atoms with Crippen molar-refractivity contribution in [2.45, 2.75) is 31.1 Å². The molecule has 0 N–H and O–H groups in total. The first-order chi connectivity index (χ1) is 31.7. The van der Waals surface area contributed by atoms with Crippen molar-refractivity contribution in [2.75, 3.05) is 4.90 Å². The zero-order valence-electron chi connectivity index (χ0n) is 35.6. The number of rotatable bonds is 6. The largest absolute Gasteiger partial charge is 0.310 e. The molecule has 3 aliphatic rings. The van der Waals surface area contributed by atoms with Crippen LogP contribution in [0.15, 0.2) is 224 Å². The Morgan fingerprint density at radius 2 is 0.797 bits per heavy atom. The fraction of sp³-hybridized carbons (Fsp3) is 0.0794. The van der Waals surface area contributed by atoms with Gasteiger partial charge in [-0.15, -0.1) is 0 Å². The summed E-state index contributed by atoms with van der Waals surface area (Å²) < 4.78 is 0. The summed E-state index contributed by atoms with van der Waals surface area (Å²) in [5, 5.41) is 2.51. The molecule has 0 amide bonds. The molecule has 0 aromatic heterocycles. The summed E-state index contributed by atoms with van der Waals surface area (Å²) >= 11 is 0. The second kappa shape index (κ2) is 14.7. The van der Waals surface area contributed by atoms with E-state index in [1.54, 1.807) is 0 Å². The average molecular weight is 816 g/mol. The van der Waals surface area contributed by atoms with Gasteiger partial charge in [0.2, 0.25) is 0 Å². The number of hydrogen-bond donors (Lipinski definition) is 0. The lowest BCUT2D eigenvalue weighted by Gasteiger charge is -2.33. The molecule has 0 atom stereocenters. The zero-order valence-corrected chi connectivity index (χ0v) is 35.6. The van der Waals surface area contributed by atoms with Crippen LogP contribution < -0.4 is 4.90 Å². The van der Waals surface area contributed by atoms with E-state index in [-0.39, 0.29) is 0 Å². The predicted molar refractivity (Wildman–Crippen MR) is 268 cm³/mol. The van der Waals surface area contributed by atoms with Crippen molar-refractivity contribution in [3.63, 3.8) is 0 Å². The quantitative estimate of drug-likeness (QED) is 0.162. The fourth-order valence-corrected chi connectivity index (χ4v) is 11.5. The Kier molecular flexibility index (Phi) is 8.46. The van der Waals surface area contributed by atoms with Crippen molar-refractivity contribution >= 4 is 27.8 Å². The van der Waals surface area contributed by atoms with Crippen LogP contribution in [-0.4, -0.2) is 0 Å². The van der Waals surface area contributed by atoms with Crippen LogP contribution in [0.4, 0.5) is 17.1 Å². The lowest BCUT2D eigenvalue weighted by molar-refractivity contribution is 0.686. The summed E-state index contributed by atoms with van der Waals surface area (Å²) in [6, 6.07) is 84.4. The van der Waals surface area contributed by atoms with Gasteiger partial charge in [-0.05, 0) is 162 Å². The van der Waals surface area contributed by atoms with E-state index in [9.17, 15) is 0 Å². The molecule has 10 aromatic carbocycles. The summed E-state index contributed by atoms with van der Waals surface area (Å²) in [5.41, 5.74) is 23.9. The highest BCUT2D eigenvalue weighted by Gasteiger charge is 2.52. The second-order valence-electron chi connectivity index (χ2n) is 17.8. The first-order valence-electron chi connectivity index (χ1n) is 22.9. The Hall–Kier alpha value is -7.74. The standard InChI is InChI=1S/C63H45N/c1-2-18-51(19-3-1)64(52-36-34-45(35-37-52)50-33-29-43-15-5-7-17-48(43)39-50)62-41-61-57(40-56(62)46-30-26-44(27-31-46)49-32-28-42-14-4-6-16-47(42)38-49)55-22-10-13-25-60(55)63(61)58-23-11-8-20-53(58)54-21-9-12-24-59(54)63/h1-3,5,7-13,15,17-41H,4,6,14,16H2. The molecule has 64 heavy (non-hydrogen) atoms. The number of fused-ring (bicyclic) bond motifs is 12. The molecule has 0 heterocycles. The summed E-state index contributed by atoms with van der Waals surface area (Å²) in [5.74, 6) is 0. The number of anilines is 3. The Labute approximate surface area is 375 Å². The van der Waals surface area contributed by atoms with E-state index < -0.39 is 5.41 Å². The van der Waals surface area contributed by atoms with Gasteiger partial charge in [0.25, 0.3) is 0 Å². The van der Waals surface area contributed by atoms with Gasteiger partial charge in [0.05, 0.1) is 11.1 Å². The van der Waals surface area contributed by atoms with Crippen molar-refractivity contribution in [1.29, 1.82) is 0 Å². The van der Waals surface area contributed by atoms with Crippen LogP contribution in [-0.2, 0) is 18.3 Å². The van der Waals surface area contributed by atoms with E-state index in [2.05, 4.69) is 229 Å². The van der Waals surface area contributed by atoms with Crippen molar-refractivity contribution < 1.29 is 0 Å². The van der Waals surface area contributed by atoms with Crippen LogP contribution in [0, 0.1) is 0 Å². The number of hydrogen-bond acceptors (Lipinski definition) is 1. The van der Waals surface area contributed by atoms with Gasteiger partial charge in [0, 0.05) is 16.9 Å².